The van der Waals surface area contributed by atoms with Crippen molar-refractivity contribution < 1.29 is 13.2 Å². The van der Waals surface area contributed by atoms with Gasteiger partial charge in [0.15, 0.2) is 5.11 Å². The van der Waals surface area contributed by atoms with Crippen molar-refractivity contribution in [1.29, 1.82) is 0 Å². The minimum atomic E-state index is -4.06. The van der Waals surface area contributed by atoms with Crippen molar-refractivity contribution in [3.8, 4) is 0 Å². The van der Waals surface area contributed by atoms with E-state index in [1.807, 2.05) is 24.3 Å². The molecule has 1 fully saturated rings. The van der Waals surface area contributed by atoms with E-state index >= 15 is 0 Å². The topological polar surface area (TPSA) is 53.6 Å². The third-order valence-electron chi connectivity index (χ3n) is 4.11. The van der Waals surface area contributed by atoms with Gasteiger partial charge in [0.1, 0.15) is 0 Å². The molecule has 0 amide bonds. The van der Waals surface area contributed by atoms with Gasteiger partial charge in [0.25, 0.3) is 0 Å². The van der Waals surface area contributed by atoms with Crippen LogP contribution in [-0.4, -0.2) is 42.0 Å². The lowest BCUT2D eigenvalue weighted by atomic mass is 9.96. The van der Waals surface area contributed by atoms with Crippen molar-refractivity contribution in [2.45, 2.75) is 25.4 Å². The smallest absolute Gasteiger partial charge is 0.375 e. The molecule has 0 aromatic heterocycles. The second kappa shape index (κ2) is 8.43. The molecule has 1 saturated heterocycles. The lowest BCUT2D eigenvalue weighted by molar-refractivity contribution is -0.185. The largest absolute Gasteiger partial charge is 0.391 e. The molecule has 1 aliphatic rings. The van der Waals surface area contributed by atoms with Crippen LogP contribution in [-0.2, 0) is 6.42 Å². The zero-order valence-electron chi connectivity index (χ0n) is 13.2. The molecule has 132 valence electrons. The zero-order valence-corrected chi connectivity index (χ0v) is 14.0. The van der Waals surface area contributed by atoms with E-state index in [0.29, 0.717) is 13.1 Å². The Labute approximate surface area is 144 Å². The zero-order chi connectivity index (χ0) is 17.6. The number of alkyl halides is 3. The number of benzene rings is 1. The van der Waals surface area contributed by atoms with Crippen molar-refractivity contribution in [2.24, 2.45) is 16.8 Å². The maximum absolute atomic E-state index is 12.7. The lowest BCUT2D eigenvalue weighted by Gasteiger charge is -2.32. The molecule has 1 aliphatic heterocycles. The summed E-state index contributed by atoms with van der Waals surface area (Å²) in [6.45, 7) is 1.77. The van der Waals surface area contributed by atoms with Crippen LogP contribution in [0.3, 0.4) is 0 Å². The Bertz CT molecular complexity index is 581. The van der Waals surface area contributed by atoms with Gasteiger partial charge in [-0.3, -0.25) is 5.43 Å². The first-order valence-corrected chi connectivity index (χ1v) is 8.22. The highest BCUT2D eigenvalue weighted by Gasteiger charge is 2.40. The molecule has 0 radical (unpaired) electrons. The van der Waals surface area contributed by atoms with Crippen LogP contribution in [0.4, 0.5) is 13.2 Å². The molecule has 0 bridgehead atoms. The highest BCUT2D eigenvalue weighted by atomic mass is 32.1. The third kappa shape index (κ3) is 6.09. The second-order valence-corrected chi connectivity index (χ2v) is 6.33. The van der Waals surface area contributed by atoms with Gasteiger partial charge in [0, 0.05) is 6.54 Å². The van der Waals surface area contributed by atoms with E-state index in [2.05, 4.69) is 27.6 Å². The highest BCUT2D eigenvalue weighted by molar-refractivity contribution is 7.80. The van der Waals surface area contributed by atoms with Crippen LogP contribution in [0.5, 0.6) is 0 Å². The quantitative estimate of drug-likeness (QED) is 0.483. The summed E-state index contributed by atoms with van der Waals surface area (Å²) in [6.07, 6.45) is -1.25. The summed E-state index contributed by atoms with van der Waals surface area (Å²) in [5.41, 5.74) is 9.80. The van der Waals surface area contributed by atoms with Gasteiger partial charge in [-0.1, -0.05) is 24.3 Å². The highest BCUT2D eigenvalue weighted by Crippen LogP contribution is 2.34. The Kier molecular flexibility index (Phi) is 6.56. The van der Waals surface area contributed by atoms with Crippen molar-refractivity contribution in [3.63, 3.8) is 0 Å². The fourth-order valence-corrected chi connectivity index (χ4v) is 2.82. The minimum absolute atomic E-state index is 0.102. The van der Waals surface area contributed by atoms with Crippen molar-refractivity contribution >= 4 is 23.5 Å². The van der Waals surface area contributed by atoms with Gasteiger partial charge in [-0.15, -0.1) is 0 Å². The molecule has 1 heterocycles. The van der Waals surface area contributed by atoms with Gasteiger partial charge >= 0.3 is 6.18 Å². The van der Waals surface area contributed by atoms with Crippen LogP contribution in [0, 0.1) is 5.92 Å². The van der Waals surface area contributed by atoms with Crippen LogP contribution in [0.15, 0.2) is 29.4 Å². The Morgan fingerprint density at radius 2 is 2.08 bits per heavy atom. The van der Waals surface area contributed by atoms with Crippen LogP contribution in [0.1, 0.15) is 24.0 Å². The number of nitrogens with one attached hydrogen (secondary N) is 1. The molecule has 2 rings (SSSR count). The van der Waals surface area contributed by atoms with Gasteiger partial charge in [-0.2, -0.15) is 18.3 Å². The maximum Gasteiger partial charge on any atom is 0.391 e. The predicted molar refractivity (Wildman–Crippen MR) is 92.9 cm³/mol. The number of thiocarbonyl (C=S) groups is 1. The van der Waals surface area contributed by atoms with Crippen molar-refractivity contribution in [2.75, 3.05) is 19.6 Å². The number of hydrogen-bond acceptors (Lipinski definition) is 3. The molecule has 3 N–H and O–H groups in total. The second-order valence-electron chi connectivity index (χ2n) is 5.89. The summed E-state index contributed by atoms with van der Waals surface area (Å²) in [6, 6.07) is 7.82. The molecule has 1 aromatic carbocycles. The number of rotatable bonds is 5. The van der Waals surface area contributed by atoms with Crippen LogP contribution >= 0.6 is 12.2 Å². The molecule has 0 aliphatic carbocycles. The average molecular weight is 358 g/mol. The average Bonchev–Trinajstić information content (AvgIpc) is 2.52. The number of hydrazone groups is 1. The van der Waals surface area contributed by atoms with Gasteiger partial charge in [-0.25, -0.2) is 0 Å². The molecule has 8 heteroatoms. The molecular weight excluding hydrogens is 337 g/mol. The SMILES string of the molecule is NC(=S)NN=Cc1cccc(CCN2CCC(C(F)(F)F)CC2)c1. The van der Waals surface area contributed by atoms with Gasteiger partial charge in [0.05, 0.1) is 12.1 Å². The standard InChI is InChI=1S/C16H21F3N4S/c17-16(18,19)14-5-8-23(9-6-14)7-4-12-2-1-3-13(10-12)11-21-22-15(20)24/h1-3,10-11,14H,4-9H2,(H3,20,22,24). The fourth-order valence-electron chi connectivity index (χ4n) is 2.77. The van der Waals surface area contributed by atoms with E-state index in [1.54, 1.807) is 6.21 Å². The van der Waals surface area contributed by atoms with Crippen LogP contribution in [0.2, 0.25) is 0 Å². The number of halogens is 3. The first kappa shape index (κ1) is 18.7. The summed E-state index contributed by atoms with van der Waals surface area (Å²) in [5.74, 6) is -1.14. The molecule has 0 saturated carbocycles. The Hall–Kier alpha value is -1.67. The summed E-state index contributed by atoms with van der Waals surface area (Å²) >= 11 is 4.66. The lowest BCUT2D eigenvalue weighted by Crippen LogP contribution is -2.39. The molecule has 1 aromatic rings. The Balaban J connectivity index is 1.81. The van der Waals surface area contributed by atoms with E-state index in [4.69, 9.17) is 5.73 Å². The fraction of sp³-hybridized carbons (Fsp3) is 0.500. The summed E-state index contributed by atoms with van der Waals surface area (Å²) in [7, 11) is 0. The van der Waals surface area contributed by atoms with E-state index in [0.717, 1.165) is 24.1 Å². The van der Waals surface area contributed by atoms with Crippen LogP contribution < -0.4 is 11.2 Å². The van der Waals surface area contributed by atoms with Gasteiger partial charge in [-0.05, 0) is 55.7 Å². The van der Waals surface area contributed by atoms with Gasteiger partial charge in [0.2, 0.25) is 0 Å². The number of nitrogens with two attached hydrogens (primary N) is 1. The first-order chi connectivity index (χ1) is 11.3. The van der Waals surface area contributed by atoms with E-state index < -0.39 is 12.1 Å². The molecule has 0 atom stereocenters. The number of nitrogens with zero attached hydrogens (tertiary/aromatic N) is 2. The Morgan fingerprint density at radius 3 is 2.71 bits per heavy atom. The molecule has 4 nitrogen and oxygen atoms in total. The molecule has 24 heavy (non-hydrogen) atoms. The first-order valence-electron chi connectivity index (χ1n) is 7.81. The van der Waals surface area contributed by atoms with Crippen LogP contribution in [0.25, 0.3) is 0 Å². The molecule has 0 unspecified atom stereocenters. The molecule has 0 spiro atoms. The number of piperidine rings is 1. The summed E-state index contributed by atoms with van der Waals surface area (Å²) in [5, 5.41) is 4.01. The molecular formula is C16H21F3N4S. The number of hydrogen-bond donors (Lipinski definition) is 2. The van der Waals surface area contributed by atoms with E-state index in [9.17, 15) is 13.2 Å². The van der Waals surface area contributed by atoms with E-state index in [-0.39, 0.29) is 18.0 Å². The van der Waals surface area contributed by atoms with Gasteiger partial charge < -0.3 is 10.6 Å². The summed E-state index contributed by atoms with van der Waals surface area (Å²) in [4.78, 5) is 2.09. The van der Waals surface area contributed by atoms with Crippen molar-refractivity contribution in [3.05, 3.63) is 35.4 Å². The predicted octanol–water partition coefficient (Wildman–Crippen LogP) is 2.67. The minimum Gasteiger partial charge on any atom is -0.375 e. The monoisotopic (exact) mass is 358 g/mol. The summed E-state index contributed by atoms with van der Waals surface area (Å²) < 4.78 is 38.0. The van der Waals surface area contributed by atoms with E-state index in [1.165, 1.54) is 0 Å². The normalized spacial score (nSPS) is 17.3. The maximum atomic E-state index is 12.7. The third-order valence-corrected chi connectivity index (χ3v) is 4.20. The van der Waals surface area contributed by atoms with Crippen molar-refractivity contribution in [1.82, 2.24) is 10.3 Å². The Morgan fingerprint density at radius 1 is 1.38 bits per heavy atom. The number of likely N-dealkylation sites (tertiary alicyclic amines) is 1.